The quantitative estimate of drug-likeness (QED) is 0.617. The van der Waals surface area contributed by atoms with Crippen LogP contribution in [0.4, 0.5) is 0 Å². The van der Waals surface area contributed by atoms with E-state index in [9.17, 15) is 9.59 Å². The SMILES string of the molecule is O=C(Cc1csc(-c2ncccn2)n1)OCC(=O)N1CCc2ccccc2C1. The number of benzene rings is 1. The number of amides is 1. The fourth-order valence-corrected chi connectivity index (χ4v) is 3.81. The third-order valence-electron chi connectivity index (χ3n) is 4.47. The molecule has 142 valence electrons. The molecule has 0 saturated carbocycles. The lowest BCUT2D eigenvalue weighted by Gasteiger charge is -2.28. The number of thiazole rings is 1. The largest absolute Gasteiger partial charge is 0.455 e. The molecule has 0 N–H and O–H groups in total. The molecule has 3 heterocycles. The number of aromatic nitrogens is 3. The minimum absolute atomic E-state index is 0.0133. The van der Waals surface area contributed by atoms with Gasteiger partial charge in [-0.15, -0.1) is 11.3 Å². The highest BCUT2D eigenvalue weighted by atomic mass is 32.1. The minimum atomic E-state index is -0.475. The first-order chi connectivity index (χ1) is 13.7. The van der Waals surface area contributed by atoms with Gasteiger partial charge in [0.15, 0.2) is 17.4 Å². The van der Waals surface area contributed by atoms with Gasteiger partial charge in [-0.25, -0.2) is 15.0 Å². The molecule has 1 amide bonds. The average Bonchev–Trinajstić information content (AvgIpc) is 3.20. The van der Waals surface area contributed by atoms with E-state index >= 15 is 0 Å². The standard InChI is InChI=1S/C20H18N4O3S/c25-17(24-9-6-14-4-1-2-5-15(14)11-24)12-27-18(26)10-16-13-28-20(23-16)19-21-7-3-8-22-19/h1-5,7-8,13H,6,9-12H2. The van der Waals surface area contributed by atoms with Gasteiger partial charge in [-0.3, -0.25) is 9.59 Å². The Morgan fingerprint density at radius 3 is 2.71 bits per heavy atom. The maximum Gasteiger partial charge on any atom is 0.312 e. The van der Waals surface area contributed by atoms with E-state index in [0.717, 1.165) is 12.0 Å². The van der Waals surface area contributed by atoms with E-state index in [0.29, 0.717) is 29.6 Å². The van der Waals surface area contributed by atoms with Crippen LogP contribution in [0.2, 0.25) is 0 Å². The summed E-state index contributed by atoms with van der Waals surface area (Å²) in [5, 5.41) is 2.42. The second kappa shape index (κ2) is 8.26. The van der Waals surface area contributed by atoms with Gasteiger partial charge in [0.2, 0.25) is 0 Å². The highest BCUT2D eigenvalue weighted by Crippen LogP contribution is 2.20. The number of fused-ring (bicyclic) bond motifs is 1. The van der Waals surface area contributed by atoms with Crippen molar-refractivity contribution < 1.29 is 14.3 Å². The molecule has 3 aromatic rings. The normalized spacial score (nSPS) is 13.1. The molecule has 8 heteroatoms. The summed E-state index contributed by atoms with van der Waals surface area (Å²) in [6.07, 6.45) is 4.11. The summed E-state index contributed by atoms with van der Waals surface area (Å²) in [6.45, 7) is 0.943. The van der Waals surface area contributed by atoms with Crippen LogP contribution < -0.4 is 0 Å². The van der Waals surface area contributed by atoms with Crippen LogP contribution >= 0.6 is 11.3 Å². The molecule has 0 spiro atoms. The van der Waals surface area contributed by atoms with E-state index < -0.39 is 5.97 Å². The average molecular weight is 394 g/mol. The summed E-state index contributed by atoms with van der Waals surface area (Å²) in [5.74, 6) is -0.135. The van der Waals surface area contributed by atoms with Gasteiger partial charge in [0, 0.05) is 30.9 Å². The summed E-state index contributed by atoms with van der Waals surface area (Å²) in [4.78, 5) is 38.8. The molecule has 0 bridgehead atoms. The third-order valence-corrected chi connectivity index (χ3v) is 5.36. The van der Waals surface area contributed by atoms with Gasteiger partial charge in [0.1, 0.15) is 0 Å². The van der Waals surface area contributed by atoms with Crippen LogP contribution in [0.1, 0.15) is 16.8 Å². The van der Waals surface area contributed by atoms with Crippen molar-refractivity contribution in [3.8, 4) is 10.8 Å². The van der Waals surface area contributed by atoms with Crippen LogP contribution in [0.3, 0.4) is 0 Å². The molecule has 1 aliphatic heterocycles. The van der Waals surface area contributed by atoms with Gasteiger partial charge in [0.05, 0.1) is 12.1 Å². The fraction of sp³-hybridized carbons (Fsp3) is 0.250. The van der Waals surface area contributed by atoms with Crippen molar-refractivity contribution in [1.82, 2.24) is 19.9 Å². The van der Waals surface area contributed by atoms with Crippen molar-refractivity contribution in [2.24, 2.45) is 0 Å². The van der Waals surface area contributed by atoms with Crippen LogP contribution in [-0.4, -0.2) is 44.9 Å². The molecule has 4 rings (SSSR count). The van der Waals surface area contributed by atoms with Gasteiger partial charge in [0.25, 0.3) is 5.91 Å². The van der Waals surface area contributed by atoms with Gasteiger partial charge in [-0.2, -0.15) is 0 Å². The Bertz CT molecular complexity index is 990. The van der Waals surface area contributed by atoms with Gasteiger partial charge in [-0.1, -0.05) is 24.3 Å². The Balaban J connectivity index is 1.28. The molecular formula is C20H18N4O3S. The second-order valence-electron chi connectivity index (χ2n) is 6.39. The van der Waals surface area contributed by atoms with Crippen LogP contribution in [0.15, 0.2) is 48.1 Å². The molecule has 1 aliphatic rings. The first-order valence-corrected chi connectivity index (χ1v) is 9.79. The lowest BCUT2D eigenvalue weighted by atomic mass is 10.00. The Kier molecular flexibility index (Phi) is 5.38. The first-order valence-electron chi connectivity index (χ1n) is 8.91. The Labute approximate surface area is 166 Å². The molecule has 0 radical (unpaired) electrons. The van der Waals surface area contributed by atoms with E-state index in [1.807, 2.05) is 18.2 Å². The molecule has 0 saturated heterocycles. The van der Waals surface area contributed by atoms with Crippen molar-refractivity contribution in [3.63, 3.8) is 0 Å². The van der Waals surface area contributed by atoms with Crippen molar-refractivity contribution in [3.05, 3.63) is 64.9 Å². The van der Waals surface area contributed by atoms with Crippen molar-refractivity contribution in [2.75, 3.05) is 13.2 Å². The minimum Gasteiger partial charge on any atom is -0.455 e. The molecule has 0 fully saturated rings. The van der Waals surface area contributed by atoms with Crippen LogP contribution in [0.5, 0.6) is 0 Å². The molecule has 0 atom stereocenters. The monoisotopic (exact) mass is 394 g/mol. The number of hydrogen-bond donors (Lipinski definition) is 0. The third kappa shape index (κ3) is 4.23. The summed E-state index contributed by atoms with van der Waals surface area (Å²) >= 11 is 1.37. The highest BCUT2D eigenvalue weighted by Gasteiger charge is 2.21. The number of esters is 1. The zero-order valence-electron chi connectivity index (χ0n) is 15.1. The molecule has 2 aromatic heterocycles. The number of carbonyl (C=O) groups is 2. The molecule has 1 aromatic carbocycles. The van der Waals surface area contributed by atoms with Crippen LogP contribution in [0.25, 0.3) is 10.8 Å². The van der Waals surface area contributed by atoms with E-state index in [4.69, 9.17) is 4.74 Å². The molecular weight excluding hydrogens is 376 g/mol. The van der Waals surface area contributed by atoms with E-state index in [1.165, 1.54) is 16.9 Å². The lowest BCUT2D eigenvalue weighted by molar-refractivity contribution is -0.151. The first kappa shape index (κ1) is 18.2. The maximum atomic E-state index is 12.4. The van der Waals surface area contributed by atoms with E-state index in [-0.39, 0.29) is 18.9 Å². The number of carbonyl (C=O) groups excluding carboxylic acids is 2. The second-order valence-corrected chi connectivity index (χ2v) is 7.25. The zero-order valence-corrected chi connectivity index (χ0v) is 15.9. The molecule has 0 unspecified atom stereocenters. The van der Waals surface area contributed by atoms with E-state index in [2.05, 4.69) is 21.0 Å². The van der Waals surface area contributed by atoms with Gasteiger partial charge < -0.3 is 9.64 Å². The van der Waals surface area contributed by atoms with Gasteiger partial charge >= 0.3 is 5.97 Å². The smallest absolute Gasteiger partial charge is 0.312 e. The number of ether oxygens (including phenoxy) is 1. The number of hydrogen-bond acceptors (Lipinski definition) is 7. The summed E-state index contributed by atoms with van der Waals surface area (Å²) in [6, 6.07) is 9.81. The summed E-state index contributed by atoms with van der Waals surface area (Å²) in [5.41, 5.74) is 2.99. The van der Waals surface area contributed by atoms with Gasteiger partial charge in [-0.05, 0) is 23.6 Å². The fourth-order valence-electron chi connectivity index (χ4n) is 3.04. The predicted molar refractivity (Wildman–Crippen MR) is 103 cm³/mol. The zero-order chi connectivity index (χ0) is 19.3. The van der Waals surface area contributed by atoms with Crippen molar-refractivity contribution in [2.45, 2.75) is 19.4 Å². The molecule has 0 aliphatic carbocycles. The molecule has 7 nitrogen and oxygen atoms in total. The van der Waals surface area contributed by atoms with Crippen molar-refractivity contribution in [1.29, 1.82) is 0 Å². The summed E-state index contributed by atoms with van der Waals surface area (Å²) in [7, 11) is 0. The Morgan fingerprint density at radius 2 is 1.89 bits per heavy atom. The topological polar surface area (TPSA) is 85.3 Å². The van der Waals surface area contributed by atoms with Crippen LogP contribution in [0, 0.1) is 0 Å². The van der Waals surface area contributed by atoms with E-state index in [1.54, 1.807) is 28.7 Å². The lowest BCUT2D eigenvalue weighted by Crippen LogP contribution is -2.38. The Morgan fingerprint density at radius 1 is 1.11 bits per heavy atom. The molecule has 28 heavy (non-hydrogen) atoms. The van der Waals surface area contributed by atoms with Crippen molar-refractivity contribution >= 4 is 23.2 Å². The summed E-state index contributed by atoms with van der Waals surface area (Å²) < 4.78 is 5.17. The predicted octanol–water partition coefficient (Wildman–Crippen LogP) is 2.27. The number of nitrogens with zero attached hydrogens (tertiary/aromatic N) is 4. The highest BCUT2D eigenvalue weighted by molar-refractivity contribution is 7.13. The van der Waals surface area contributed by atoms with Crippen LogP contribution in [-0.2, 0) is 33.7 Å². The maximum absolute atomic E-state index is 12.4. The number of rotatable bonds is 5. The Hall–Kier alpha value is -3.13.